The van der Waals surface area contributed by atoms with Gasteiger partial charge in [-0.1, -0.05) is 6.92 Å². The summed E-state index contributed by atoms with van der Waals surface area (Å²) < 4.78 is 5.35. The van der Waals surface area contributed by atoms with Crippen LogP contribution in [0.5, 0.6) is 0 Å². The van der Waals surface area contributed by atoms with Crippen LogP contribution in [0.3, 0.4) is 0 Å². The Morgan fingerprint density at radius 2 is 2.39 bits per heavy atom. The molecule has 2 aromatic rings. The van der Waals surface area contributed by atoms with Crippen molar-refractivity contribution < 1.29 is 4.42 Å². The Bertz CT molecular complexity index is 425. The van der Waals surface area contributed by atoms with Gasteiger partial charge in [-0.2, -0.15) is 0 Å². The Morgan fingerprint density at radius 1 is 1.50 bits per heavy atom. The second-order valence-corrected chi connectivity index (χ2v) is 5.44. The summed E-state index contributed by atoms with van der Waals surface area (Å²) in [6, 6.07) is 4.81. The zero-order chi connectivity index (χ0) is 12.8. The molecule has 0 amide bonds. The van der Waals surface area contributed by atoms with Gasteiger partial charge in [0, 0.05) is 24.0 Å². The zero-order valence-electron chi connectivity index (χ0n) is 10.9. The highest BCUT2D eigenvalue weighted by molar-refractivity contribution is 7.09. The molecule has 1 N–H and O–H groups in total. The summed E-state index contributed by atoms with van der Waals surface area (Å²) in [5.41, 5.74) is 0. The molecule has 0 spiro atoms. The molecule has 0 radical (unpaired) electrons. The van der Waals surface area contributed by atoms with E-state index >= 15 is 0 Å². The Kier molecular flexibility index (Phi) is 4.96. The predicted octanol–water partition coefficient (Wildman–Crippen LogP) is 3.80. The van der Waals surface area contributed by atoms with Crippen LogP contribution in [0.1, 0.15) is 43.5 Å². The van der Waals surface area contributed by atoms with E-state index in [2.05, 4.69) is 24.1 Å². The number of aryl methyl sites for hydroxylation is 1. The van der Waals surface area contributed by atoms with E-state index in [4.69, 9.17) is 4.42 Å². The highest BCUT2D eigenvalue weighted by Crippen LogP contribution is 2.20. The minimum absolute atomic E-state index is 0.372. The molecule has 2 aromatic heterocycles. The van der Waals surface area contributed by atoms with Gasteiger partial charge in [0.2, 0.25) is 0 Å². The van der Waals surface area contributed by atoms with E-state index in [0.29, 0.717) is 12.1 Å². The van der Waals surface area contributed by atoms with E-state index in [0.717, 1.165) is 25.0 Å². The Labute approximate surface area is 112 Å². The lowest BCUT2D eigenvalue weighted by Crippen LogP contribution is -2.30. The maximum atomic E-state index is 5.35. The van der Waals surface area contributed by atoms with Crippen LogP contribution in [0.4, 0.5) is 0 Å². The molecule has 0 aliphatic rings. The zero-order valence-corrected chi connectivity index (χ0v) is 11.7. The van der Waals surface area contributed by atoms with Crippen molar-refractivity contribution in [3.63, 3.8) is 0 Å². The topological polar surface area (TPSA) is 38.1 Å². The SMILES string of the molecule is CCC(NC(C)CCc1ccco1)c1nccs1. The van der Waals surface area contributed by atoms with Gasteiger partial charge in [-0.05, 0) is 31.9 Å². The minimum Gasteiger partial charge on any atom is -0.469 e. The van der Waals surface area contributed by atoms with Crippen LogP contribution >= 0.6 is 11.3 Å². The fourth-order valence-corrected chi connectivity index (χ4v) is 2.79. The van der Waals surface area contributed by atoms with E-state index in [9.17, 15) is 0 Å². The molecule has 2 unspecified atom stereocenters. The van der Waals surface area contributed by atoms with Gasteiger partial charge in [0.15, 0.2) is 0 Å². The molecule has 0 saturated heterocycles. The first-order chi connectivity index (χ1) is 8.79. The summed E-state index contributed by atoms with van der Waals surface area (Å²) in [7, 11) is 0. The van der Waals surface area contributed by atoms with Gasteiger partial charge in [-0.3, -0.25) is 0 Å². The average molecular weight is 264 g/mol. The number of aromatic nitrogens is 1. The first-order valence-corrected chi connectivity index (χ1v) is 7.35. The van der Waals surface area contributed by atoms with Crippen LogP contribution in [0.2, 0.25) is 0 Å². The second-order valence-electron chi connectivity index (χ2n) is 4.52. The van der Waals surface area contributed by atoms with Crippen LogP contribution in [-0.4, -0.2) is 11.0 Å². The van der Waals surface area contributed by atoms with E-state index in [1.165, 1.54) is 5.01 Å². The van der Waals surface area contributed by atoms with Crippen LogP contribution in [0.25, 0.3) is 0 Å². The largest absolute Gasteiger partial charge is 0.469 e. The van der Waals surface area contributed by atoms with E-state index in [1.807, 2.05) is 23.7 Å². The quantitative estimate of drug-likeness (QED) is 0.826. The third-order valence-electron chi connectivity index (χ3n) is 3.05. The molecular weight excluding hydrogens is 244 g/mol. The van der Waals surface area contributed by atoms with Gasteiger partial charge >= 0.3 is 0 Å². The van der Waals surface area contributed by atoms with Crippen molar-refractivity contribution in [2.75, 3.05) is 0 Å². The number of hydrogen-bond donors (Lipinski definition) is 1. The summed E-state index contributed by atoms with van der Waals surface area (Å²) in [5.74, 6) is 1.06. The maximum Gasteiger partial charge on any atom is 0.109 e. The van der Waals surface area contributed by atoms with Crippen molar-refractivity contribution in [2.45, 2.75) is 45.2 Å². The monoisotopic (exact) mass is 264 g/mol. The number of rotatable bonds is 7. The third kappa shape index (κ3) is 3.68. The third-order valence-corrected chi connectivity index (χ3v) is 3.94. The van der Waals surface area contributed by atoms with Gasteiger partial charge in [-0.15, -0.1) is 11.3 Å². The van der Waals surface area contributed by atoms with Crippen LogP contribution in [-0.2, 0) is 6.42 Å². The van der Waals surface area contributed by atoms with Crippen molar-refractivity contribution in [1.29, 1.82) is 0 Å². The molecule has 98 valence electrons. The lowest BCUT2D eigenvalue weighted by molar-refractivity contribution is 0.410. The Hall–Kier alpha value is -1.13. The van der Waals surface area contributed by atoms with Gasteiger partial charge in [-0.25, -0.2) is 4.98 Å². The molecule has 3 nitrogen and oxygen atoms in total. The number of nitrogens with one attached hydrogen (secondary N) is 1. The molecule has 0 aromatic carbocycles. The number of furan rings is 1. The molecule has 0 aliphatic carbocycles. The lowest BCUT2D eigenvalue weighted by atomic mass is 10.1. The summed E-state index contributed by atoms with van der Waals surface area (Å²) in [5, 5.41) is 6.86. The van der Waals surface area contributed by atoms with Crippen molar-refractivity contribution in [3.8, 4) is 0 Å². The molecule has 0 fully saturated rings. The first kappa shape index (κ1) is 13.3. The van der Waals surface area contributed by atoms with Gasteiger partial charge in [0.1, 0.15) is 10.8 Å². The highest BCUT2D eigenvalue weighted by Gasteiger charge is 2.14. The fraction of sp³-hybridized carbons (Fsp3) is 0.500. The second kappa shape index (κ2) is 6.71. The molecule has 4 heteroatoms. The van der Waals surface area contributed by atoms with Crippen LogP contribution in [0, 0.1) is 0 Å². The van der Waals surface area contributed by atoms with Crippen molar-refractivity contribution >= 4 is 11.3 Å². The van der Waals surface area contributed by atoms with E-state index < -0.39 is 0 Å². The van der Waals surface area contributed by atoms with Gasteiger partial charge < -0.3 is 9.73 Å². The molecular formula is C14H20N2OS. The molecule has 0 bridgehead atoms. The van der Waals surface area contributed by atoms with E-state index in [-0.39, 0.29) is 0 Å². The predicted molar refractivity (Wildman–Crippen MR) is 74.8 cm³/mol. The first-order valence-electron chi connectivity index (χ1n) is 6.47. The molecule has 2 atom stereocenters. The number of thiazole rings is 1. The summed E-state index contributed by atoms with van der Waals surface area (Å²) in [6.07, 6.45) is 6.74. The molecule has 18 heavy (non-hydrogen) atoms. The summed E-state index contributed by atoms with van der Waals surface area (Å²) in [4.78, 5) is 4.39. The number of nitrogens with zero attached hydrogens (tertiary/aromatic N) is 1. The standard InChI is InChI=1S/C14H20N2OS/c1-3-13(14-15-8-10-18-14)16-11(2)6-7-12-5-4-9-17-12/h4-5,8-11,13,16H,3,6-7H2,1-2H3. The Balaban J connectivity index is 1.80. The summed E-state index contributed by atoms with van der Waals surface area (Å²) >= 11 is 1.72. The lowest BCUT2D eigenvalue weighted by Gasteiger charge is -2.20. The van der Waals surface area contributed by atoms with Crippen molar-refractivity contribution in [1.82, 2.24) is 10.3 Å². The summed E-state index contributed by atoms with van der Waals surface area (Å²) in [6.45, 7) is 4.41. The normalized spacial score (nSPS) is 14.6. The van der Waals surface area contributed by atoms with Crippen molar-refractivity contribution in [2.24, 2.45) is 0 Å². The molecule has 0 aliphatic heterocycles. The smallest absolute Gasteiger partial charge is 0.109 e. The van der Waals surface area contributed by atoms with Gasteiger partial charge in [0.25, 0.3) is 0 Å². The number of hydrogen-bond acceptors (Lipinski definition) is 4. The molecule has 2 rings (SSSR count). The minimum atomic E-state index is 0.372. The molecule has 0 saturated carbocycles. The maximum absolute atomic E-state index is 5.35. The average Bonchev–Trinajstić information content (AvgIpc) is 3.05. The molecule has 2 heterocycles. The van der Waals surface area contributed by atoms with Crippen LogP contribution in [0.15, 0.2) is 34.4 Å². The fourth-order valence-electron chi connectivity index (χ4n) is 2.01. The van der Waals surface area contributed by atoms with Crippen molar-refractivity contribution in [3.05, 3.63) is 40.7 Å². The highest BCUT2D eigenvalue weighted by atomic mass is 32.1. The van der Waals surface area contributed by atoms with Gasteiger partial charge in [0.05, 0.1) is 12.3 Å². The van der Waals surface area contributed by atoms with Crippen LogP contribution < -0.4 is 5.32 Å². The van der Waals surface area contributed by atoms with E-state index in [1.54, 1.807) is 17.6 Å². The Morgan fingerprint density at radius 3 is 3.00 bits per heavy atom.